The second-order valence-electron chi connectivity index (χ2n) is 8.21. The molecule has 0 aromatic heterocycles. The van der Waals surface area contributed by atoms with Gasteiger partial charge in [0.1, 0.15) is 0 Å². The van der Waals surface area contributed by atoms with Crippen molar-refractivity contribution in [2.24, 2.45) is 0 Å². The highest BCUT2D eigenvalue weighted by molar-refractivity contribution is 7.67. The van der Waals surface area contributed by atoms with Crippen molar-refractivity contribution in [3.63, 3.8) is 0 Å². The number of hydrogen-bond acceptors (Lipinski definition) is 3. The number of rotatable bonds is 5. The van der Waals surface area contributed by atoms with Gasteiger partial charge in [-0.15, -0.1) is 0 Å². The fourth-order valence-corrected chi connectivity index (χ4v) is 6.66. The number of carbonyl (C=O) groups is 2. The summed E-state index contributed by atoms with van der Waals surface area (Å²) in [6.07, 6.45) is 2.70. The summed E-state index contributed by atoms with van der Waals surface area (Å²) in [5.74, 6) is -0.113. The highest BCUT2D eigenvalue weighted by Gasteiger charge is 2.61. The molecular formula is C24H28O3P+. The van der Waals surface area contributed by atoms with E-state index in [0.29, 0.717) is 24.0 Å². The fraction of sp³-hybridized carbons (Fsp3) is 0.417. The zero-order valence-corrected chi connectivity index (χ0v) is 18.3. The van der Waals surface area contributed by atoms with Crippen molar-refractivity contribution in [1.29, 1.82) is 0 Å². The first-order valence-electron chi connectivity index (χ1n) is 9.89. The monoisotopic (exact) mass is 395 g/mol. The van der Waals surface area contributed by atoms with Crippen molar-refractivity contribution in [3.8, 4) is 0 Å². The van der Waals surface area contributed by atoms with E-state index in [1.807, 2.05) is 65.0 Å². The third kappa shape index (κ3) is 3.37. The molecule has 4 heteroatoms. The molecule has 0 N–H and O–H groups in total. The average Bonchev–Trinajstić information content (AvgIpc) is 3.10. The van der Waals surface area contributed by atoms with E-state index in [-0.39, 0.29) is 11.3 Å². The third-order valence-corrected chi connectivity index (χ3v) is 8.05. The summed E-state index contributed by atoms with van der Waals surface area (Å²) in [5, 5.41) is -1.08. The number of carbonyl (C=O) groups excluding carboxylic acids is 2. The van der Waals surface area contributed by atoms with Crippen molar-refractivity contribution in [1.82, 2.24) is 0 Å². The quantitative estimate of drug-likeness (QED) is 0.435. The molecule has 0 bridgehead atoms. The van der Waals surface area contributed by atoms with Crippen molar-refractivity contribution in [2.45, 2.75) is 65.5 Å². The molecule has 1 aliphatic carbocycles. The van der Waals surface area contributed by atoms with Gasteiger partial charge in [0.25, 0.3) is 0 Å². The van der Waals surface area contributed by atoms with E-state index in [4.69, 9.17) is 0 Å². The van der Waals surface area contributed by atoms with Gasteiger partial charge in [0.2, 0.25) is 10.9 Å². The Morgan fingerprint density at radius 3 is 1.82 bits per heavy atom. The molecular weight excluding hydrogens is 367 g/mol. The molecule has 0 saturated heterocycles. The van der Waals surface area contributed by atoms with Gasteiger partial charge >= 0.3 is 13.3 Å². The van der Waals surface area contributed by atoms with E-state index in [9.17, 15) is 14.2 Å². The molecule has 0 heterocycles. The minimum absolute atomic E-state index is 0.113. The maximum absolute atomic E-state index is 13.7. The van der Waals surface area contributed by atoms with Crippen LogP contribution in [0.4, 0.5) is 0 Å². The zero-order chi connectivity index (χ0) is 20.6. The minimum atomic E-state index is -2.37. The molecule has 0 amide bonds. The van der Waals surface area contributed by atoms with Crippen LogP contribution >= 0.6 is 7.80 Å². The maximum atomic E-state index is 13.7. The van der Waals surface area contributed by atoms with Gasteiger partial charge in [-0.1, -0.05) is 40.5 Å². The van der Waals surface area contributed by atoms with E-state index < -0.39 is 13.0 Å². The second-order valence-corrected chi connectivity index (χ2v) is 10.1. The molecule has 0 aliphatic heterocycles. The Balaban J connectivity index is 2.09. The Hall–Kier alpha value is -2.12. The van der Waals surface area contributed by atoms with Crippen molar-refractivity contribution >= 4 is 19.1 Å². The summed E-state index contributed by atoms with van der Waals surface area (Å²) in [4.78, 5) is 27.0. The maximum Gasteiger partial charge on any atom is 0.434 e. The van der Waals surface area contributed by atoms with Gasteiger partial charge in [-0.3, -0.25) is 4.79 Å². The predicted octanol–water partition coefficient (Wildman–Crippen LogP) is 6.39. The van der Waals surface area contributed by atoms with Crippen LogP contribution in [-0.4, -0.2) is 16.5 Å². The molecule has 3 nitrogen and oxygen atoms in total. The molecule has 1 atom stereocenters. The first-order chi connectivity index (χ1) is 13.2. The molecule has 146 valence electrons. The van der Waals surface area contributed by atoms with Gasteiger partial charge in [-0.25, -0.2) is 4.79 Å². The van der Waals surface area contributed by atoms with E-state index in [1.54, 1.807) is 0 Å². The molecule has 2 aromatic rings. The predicted molar refractivity (Wildman–Crippen MR) is 114 cm³/mol. The highest BCUT2D eigenvalue weighted by atomic mass is 31.1. The Bertz CT molecular complexity index is 938. The Labute approximate surface area is 168 Å². The molecule has 3 rings (SSSR count). The first kappa shape index (κ1) is 20.6. The molecule has 1 saturated carbocycles. The van der Waals surface area contributed by atoms with Gasteiger partial charge < -0.3 is 0 Å². The summed E-state index contributed by atoms with van der Waals surface area (Å²) >= 11 is 0. The standard InChI is InChI=1S/C24H28O3P/c1-15-13-18(4)21(19(5)14-15)23(26)28(27)24(11-6-7-12-24)22(25)20-16(2)9-8-10-17(20)3/h8-10,13-14H,6-7,11-12H2,1-5H3/q+1. The van der Waals surface area contributed by atoms with Crippen molar-refractivity contribution < 1.29 is 14.2 Å². The van der Waals surface area contributed by atoms with Crippen LogP contribution in [0, 0.1) is 34.6 Å². The van der Waals surface area contributed by atoms with Crippen LogP contribution in [0.15, 0.2) is 30.3 Å². The number of Topliss-reactive ketones (excluding diaryl/α,β-unsaturated/α-hetero) is 1. The van der Waals surface area contributed by atoms with Crippen LogP contribution in [0.5, 0.6) is 0 Å². The van der Waals surface area contributed by atoms with E-state index in [2.05, 4.69) is 0 Å². The number of aryl methyl sites for hydroxylation is 5. The van der Waals surface area contributed by atoms with Crippen LogP contribution in [0.25, 0.3) is 0 Å². The summed E-state index contributed by atoms with van der Waals surface area (Å²) in [6, 6.07) is 9.63. The van der Waals surface area contributed by atoms with Gasteiger partial charge in [0.15, 0.2) is 0 Å². The fourth-order valence-electron chi connectivity index (χ4n) is 4.70. The molecule has 0 spiro atoms. The van der Waals surface area contributed by atoms with Crippen LogP contribution < -0.4 is 0 Å². The summed E-state index contributed by atoms with van der Waals surface area (Å²) in [7, 11) is -2.37. The Kier molecular flexibility index (Phi) is 5.68. The number of ketones is 1. The highest BCUT2D eigenvalue weighted by Crippen LogP contribution is 2.54. The van der Waals surface area contributed by atoms with Crippen molar-refractivity contribution in [2.75, 3.05) is 0 Å². The molecule has 1 fully saturated rings. The molecule has 2 aromatic carbocycles. The zero-order valence-electron chi connectivity index (χ0n) is 17.4. The van der Waals surface area contributed by atoms with E-state index >= 15 is 0 Å². The van der Waals surface area contributed by atoms with Crippen LogP contribution in [0.3, 0.4) is 0 Å². The molecule has 1 unspecified atom stereocenters. The lowest BCUT2D eigenvalue weighted by Gasteiger charge is -2.19. The summed E-state index contributed by atoms with van der Waals surface area (Å²) in [5.41, 5.74) is 5.29. The van der Waals surface area contributed by atoms with Gasteiger partial charge in [0, 0.05) is 18.4 Å². The first-order valence-corrected chi connectivity index (χ1v) is 11.2. The van der Waals surface area contributed by atoms with Crippen molar-refractivity contribution in [3.05, 3.63) is 69.3 Å². The van der Waals surface area contributed by atoms with Gasteiger partial charge in [-0.05, 0) is 69.7 Å². The SMILES string of the molecule is Cc1cc(C)c(C(=O)[P+](=O)C2(C(=O)c3c(C)cccc3C)CCCC2)c(C)c1. The van der Waals surface area contributed by atoms with Gasteiger partial charge in [-0.2, -0.15) is 0 Å². The van der Waals surface area contributed by atoms with Gasteiger partial charge in [0.05, 0.1) is 5.56 Å². The minimum Gasteiger partial charge on any atom is -0.289 e. The molecule has 0 radical (unpaired) electrons. The summed E-state index contributed by atoms with van der Waals surface area (Å²) < 4.78 is 13.7. The molecule has 1 aliphatic rings. The van der Waals surface area contributed by atoms with E-state index in [0.717, 1.165) is 40.7 Å². The second kappa shape index (κ2) is 7.72. The Morgan fingerprint density at radius 1 is 0.821 bits per heavy atom. The normalized spacial score (nSPS) is 16.1. The van der Waals surface area contributed by atoms with Crippen LogP contribution in [0.2, 0.25) is 0 Å². The average molecular weight is 395 g/mol. The smallest absolute Gasteiger partial charge is 0.289 e. The van der Waals surface area contributed by atoms with Crippen LogP contribution in [-0.2, 0) is 4.57 Å². The summed E-state index contributed by atoms with van der Waals surface area (Å²) in [6.45, 7) is 9.56. The largest absolute Gasteiger partial charge is 0.434 e. The van der Waals surface area contributed by atoms with E-state index in [1.165, 1.54) is 0 Å². The third-order valence-electron chi connectivity index (χ3n) is 6.03. The van der Waals surface area contributed by atoms with Crippen LogP contribution in [0.1, 0.15) is 74.2 Å². The molecule has 28 heavy (non-hydrogen) atoms. The lowest BCUT2D eigenvalue weighted by atomic mass is 9.89. The number of benzene rings is 2. The lowest BCUT2D eigenvalue weighted by molar-refractivity contribution is 0.0930. The topological polar surface area (TPSA) is 51.2 Å². The Morgan fingerprint density at radius 2 is 1.32 bits per heavy atom. The lowest BCUT2D eigenvalue weighted by Crippen LogP contribution is -2.35. The number of hydrogen-bond donors (Lipinski definition) is 0.